The summed E-state index contributed by atoms with van der Waals surface area (Å²) in [5, 5.41) is 4.38. The molecular formula is C24H28Cl2N2O2. The number of nitrogens with one attached hydrogen (secondary N) is 1. The summed E-state index contributed by atoms with van der Waals surface area (Å²) in [5.41, 5.74) is 1.76. The second-order valence-corrected chi connectivity index (χ2v) is 9.09. The molecule has 1 saturated carbocycles. The van der Waals surface area contributed by atoms with E-state index in [9.17, 15) is 4.79 Å². The molecule has 2 aromatic carbocycles. The lowest BCUT2D eigenvalue weighted by Gasteiger charge is -2.41. The summed E-state index contributed by atoms with van der Waals surface area (Å²) in [7, 11) is 0. The minimum Gasteiger partial charge on any atom is -0.362 e. The quantitative estimate of drug-likeness (QED) is 0.584. The maximum atomic E-state index is 12.5. The standard InChI is InChI=1S/C24H28Cl2N2O2/c25-21-12-6-4-10-19(21)23(20-11-5-7-13-22(20)26)30-18-15-28(16-18)24(29)27-14-17-8-2-1-3-9-17/h4-7,10-13,17-18,23H,1-3,8-9,14-16H2,(H,27,29). The molecule has 30 heavy (non-hydrogen) atoms. The Kier molecular flexibility index (Phi) is 7.19. The Morgan fingerprint density at radius 3 is 2.10 bits per heavy atom. The minimum atomic E-state index is -0.371. The average molecular weight is 447 g/mol. The zero-order valence-electron chi connectivity index (χ0n) is 17.0. The van der Waals surface area contributed by atoms with E-state index in [0.29, 0.717) is 29.1 Å². The predicted octanol–water partition coefficient (Wildman–Crippen LogP) is 6.07. The molecule has 0 bridgehead atoms. The number of urea groups is 1. The van der Waals surface area contributed by atoms with Crippen LogP contribution in [0.25, 0.3) is 0 Å². The van der Waals surface area contributed by atoms with Gasteiger partial charge in [0, 0.05) is 27.7 Å². The van der Waals surface area contributed by atoms with Crippen molar-refractivity contribution in [1.29, 1.82) is 0 Å². The van der Waals surface area contributed by atoms with E-state index in [0.717, 1.165) is 17.7 Å². The third-order valence-electron chi connectivity index (χ3n) is 6.11. The van der Waals surface area contributed by atoms with Crippen LogP contribution < -0.4 is 5.32 Å². The largest absolute Gasteiger partial charge is 0.362 e. The van der Waals surface area contributed by atoms with Crippen molar-refractivity contribution in [2.45, 2.75) is 44.3 Å². The summed E-state index contributed by atoms with van der Waals surface area (Å²) in [6, 6.07) is 15.3. The van der Waals surface area contributed by atoms with E-state index >= 15 is 0 Å². The first-order chi connectivity index (χ1) is 14.6. The lowest BCUT2D eigenvalue weighted by atomic mass is 9.89. The number of rotatable bonds is 6. The molecule has 6 heteroatoms. The molecule has 2 fully saturated rings. The molecule has 0 aromatic heterocycles. The molecule has 1 saturated heterocycles. The number of hydrogen-bond acceptors (Lipinski definition) is 2. The van der Waals surface area contributed by atoms with Crippen molar-refractivity contribution < 1.29 is 9.53 Å². The molecule has 0 atom stereocenters. The summed E-state index contributed by atoms with van der Waals surface area (Å²) in [6.45, 7) is 1.92. The summed E-state index contributed by atoms with van der Waals surface area (Å²) in [6.07, 6.45) is 5.92. The van der Waals surface area contributed by atoms with Gasteiger partial charge in [-0.15, -0.1) is 0 Å². The van der Waals surface area contributed by atoms with Gasteiger partial charge in [0.05, 0.1) is 19.2 Å². The van der Waals surface area contributed by atoms with E-state index in [2.05, 4.69) is 5.32 Å². The van der Waals surface area contributed by atoms with E-state index in [1.165, 1.54) is 32.1 Å². The first kappa shape index (κ1) is 21.5. The lowest BCUT2D eigenvalue weighted by molar-refractivity contribution is -0.0645. The molecule has 0 spiro atoms. The molecule has 2 aliphatic rings. The predicted molar refractivity (Wildman–Crippen MR) is 121 cm³/mol. The van der Waals surface area contributed by atoms with E-state index in [1.54, 1.807) is 0 Å². The fourth-order valence-corrected chi connectivity index (χ4v) is 4.78. The Morgan fingerprint density at radius 1 is 0.967 bits per heavy atom. The SMILES string of the molecule is O=C(NCC1CCCCC1)N1CC(OC(c2ccccc2Cl)c2ccccc2Cl)C1. The van der Waals surface area contributed by atoms with Crippen molar-refractivity contribution in [1.82, 2.24) is 10.2 Å². The number of amides is 2. The van der Waals surface area contributed by atoms with Crippen LogP contribution in [0.4, 0.5) is 4.79 Å². The summed E-state index contributed by atoms with van der Waals surface area (Å²) in [5.74, 6) is 0.626. The molecule has 1 heterocycles. The number of carbonyl (C=O) groups is 1. The Bertz CT molecular complexity index is 818. The van der Waals surface area contributed by atoms with E-state index < -0.39 is 0 Å². The van der Waals surface area contributed by atoms with Gasteiger partial charge in [-0.3, -0.25) is 0 Å². The van der Waals surface area contributed by atoms with Crippen molar-refractivity contribution in [3.63, 3.8) is 0 Å². The highest BCUT2D eigenvalue weighted by atomic mass is 35.5. The highest BCUT2D eigenvalue weighted by Crippen LogP contribution is 2.37. The van der Waals surface area contributed by atoms with Crippen LogP contribution >= 0.6 is 23.2 Å². The monoisotopic (exact) mass is 446 g/mol. The molecule has 0 radical (unpaired) electrons. The second-order valence-electron chi connectivity index (χ2n) is 8.28. The number of carbonyl (C=O) groups excluding carboxylic acids is 1. The summed E-state index contributed by atoms with van der Waals surface area (Å²) >= 11 is 12.9. The molecule has 1 N–H and O–H groups in total. The van der Waals surface area contributed by atoms with Gasteiger partial charge in [-0.25, -0.2) is 4.79 Å². The number of halogens is 2. The van der Waals surface area contributed by atoms with Gasteiger partial charge in [0.2, 0.25) is 0 Å². The minimum absolute atomic E-state index is 0.00691. The van der Waals surface area contributed by atoms with Crippen LogP contribution in [0.1, 0.15) is 49.3 Å². The Labute approximate surface area is 188 Å². The Hall–Kier alpha value is -1.75. The zero-order chi connectivity index (χ0) is 20.9. The molecule has 2 aromatic rings. The van der Waals surface area contributed by atoms with Gasteiger partial charge in [0.15, 0.2) is 0 Å². The first-order valence-electron chi connectivity index (χ1n) is 10.8. The van der Waals surface area contributed by atoms with Crippen molar-refractivity contribution in [2.75, 3.05) is 19.6 Å². The van der Waals surface area contributed by atoms with Gasteiger partial charge >= 0.3 is 6.03 Å². The molecule has 160 valence electrons. The van der Waals surface area contributed by atoms with E-state index in [4.69, 9.17) is 27.9 Å². The number of benzene rings is 2. The molecule has 2 amide bonds. The zero-order valence-corrected chi connectivity index (χ0v) is 18.5. The number of hydrogen-bond donors (Lipinski definition) is 1. The van der Waals surface area contributed by atoms with Crippen LogP contribution in [0.3, 0.4) is 0 Å². The lowest BCUT2D eigenvalue weighted by Crippen LogP contribution is -2.58. The molecule has 4 nitrogen and oxygen atoms in total. The van der Waals surface area contributed by atoms with Crippen molar-refractivity contribution in [3.05, 3.63) is 69.7 Å². The molecule has 4 rings (SSSR count). The number of likely N-dealkylation sites (tertiary alicyclic amines) is 1. The van der Waals surface area contributed by atoms with Crippen molar-refractivity contribution in [2.24, 2.45) is 5.92 Å². The number of nitrogens with zero attached hydrogens (tertiary/aromatic N) is 1. The maximum Gasteiger partial charge on any atom is 0.317 e. The van der Waals surface area contributed by atoms with Crippen LogP contribution in [0, 0.1) is 5.92 Å². The van der Waals surface area contributed by atoms with Crippen molar-refractivity contribution >= 4 is 29.2 Å². The first-order valence-corrected chi connectivity index (χ1v) is 11.5. The second kappa shape index (κ2) is 10.0. The van der Waals surface area contributed by atoms with Crippen LogP contribution in [0.15, 0.2) is 48.5 Å². The number of ether oxygens (including phenoxy) is 1. The van der Waals surface area contributed by atoms with E-state index in [-0.39, 0.29) is 18.2 Å². The van der Waals surface area contributed by atoms with Crippen molar-refractivity contribution in [3.8, 4) is 0 Å². The maximum absolute atomic E-state index is 12.5. The normalized spacial score (nSPS) is 17.8. The highest BCUT2D eigenvalue weighted by Gasteiger charge is 2.35. The Morgan fingerprint density at radius 2 is 1.53 bits per heavy atom. The van der Waals surface area contributed by atoms with Gasteiger partial charge < -0.3 is 15.0 Å². The summed E-state index contributed by atoms with van der Waals surface area (Å²) in [4.78, 5) is 14.3. The van der Waals surface area contributed by atoms with Gasteiger partial charge in [-0.1, -0.05) is 78.9 Å². The smallest absolute Gasteiger partial charge is 0.317 e. The Balaban J connectivity index is 1.36. The van der Waals surface area contributed by atoms with Gasteiger partial charge in [-0.2, -0.15) is 0 Å². The van der Waals surface area contributed by atoms with Crippen LogP contribution in [0.2, 0.25) is 10.0 Å². The van der Waals surface area contributed by atoms with Crippen LogP contribution in [-0.4, -0.2) is 36.7 Å². The highest BCUT2D eigenvalue weighted by molar-refractivity contribution is 6.32. The topological polar surface area (TPSA) is 41.6 Å². The molecule has 1 aliphatic heterocycles. The third kappa shape index (κ3) is 5.11. The van der Waals surface area contributed by atoms with Gasteiger partial charge in [-0.05, 0) is 30.9 Å². The molecule has 1 aliphatic carbocycles. The van der Waals surface area contributed by atoms with E-state index in [1.807, 2.05) is 53.4 Å². The van der Waals surface area contributed by atoms with Crippen LogP contribution in [-0.2, 0) is 4.74 Å². The van der Waals surface area contributed by atoms with Gasteiger partial charge in [0.25, 0.3) is 0 Å². The summed E-state index contributed by atoms with van der Waals surface area (Å²) < 4.78 is 6.40. The third-order valence-corrected chi connectivity index (χ3v) is 6.79. The fraction of sp³-hybridized carbons (Fsp3) is 0.458. The fourth-order valence-electron chi connectivity index (χ4n) is 4.31. The van der Waals surface area contributed by atoms with Gasteiger partial charge in [0.1, 0.15) is 6.10 Å². The van der Waals surface area contributed by atoms with Crippen LogP contribution in [0.5, 0.6) is 0 Å². The molecule has 0 unspecified atom stereocenters. The molecular weight excluding hydrogens is 419 g/mol. The average Bonchev–Trinajstić information content (AvgIpc) is 2.74.